The van der Waals surface area contributed by atoms with Crippen molar-refractivity contribution in [1.82, 2.24) is 41.7 Å². The zero-order chi connectivity index (χ0) is 75.0. The molecule has 3 aliphatic heterocycles. The zero-order valence-electron chi connectivity index (χ0n) is 61.7. The summed E-state index contributed by atoms with van der Waals surface area (Å²) in [4.78, 5) is 127. The number of ketones is 1. The molecule has 5 unspecified atom stereocenters. The maximum atomic E-state index is 14.0. The van der Waals surface area contributed by atoms with E-state index in [0.717, 1.165) is 41.3 Å². The summed E-state index contributed by atoms with van der Waals surface area (Å²) in [6.45, 7) is 21.6. The fourth-order valence-corrected chi connectivity index (χ4v) is 17.0. The number of primary amides is 1. The molecule has 10 N–H and O–H groups in total. The first kappa shape index (κ1) is 81.9. The Kier molecular flexibility index (Phi) is 29.4. The molecule has 0 spiro atoms. The van der Waals surface area contributed by atoms with Gasteiger partial charge in [-0.2, -0.15) is 29.0 Å². The van der Waals surface area contributed by atoms with Crippen LogP contribution in [0.15, 0.2) is 54.2 Å². The lowest BCUT2D eigenvalue weighted by Crippen LogP contribution is -2.54. The second-order valence-electron chi connectivity index (χ2n) is 30.5. The number of thioether (sulfide) groups is 2. The van der Waals surface area contributed by atoms with Gasteiger partial charge in [0.2, 0.25) is 17.7 Å². The topological polar surface area (TPSA) is 363 Å². The van der Waals surface area contributed by atoms with E-state index in [1.54, 1.807) is 77.2 Å². The average molecular weight is 1490 g/mol. The van der Waals surface area contributed by atoms with E-state index in [1.165, 1.54) is 49.9 Å². The van der Waals surface area contributed by atoms with Crippen LogP contribution in [0, 0.1) is 23.2 Å². The number of nitrogens with one attached hydrogen (secondary N) is 6. The third-order valence-electron chi connectivity index (χ3n) is 20.0. The highest BCUT2D eigenvalue weighted by Crippen LogP contribution is 2.46. The molecule has 3 fully saturated rings. The maximum Gasteiger partial charge on any atom is 0.431 e. The Morgan fingerprint density at radius 3 is 2.20 bits per heavy atom. The van der Waals surface area contributed by atoms with E-state index in [2.05, 4.69) is 37.0 Å². The van der Waals surface area contributed by atoms with E-state index in [9.17, 15) is 48.6 Å². The summed E-state index contributed by atoms with van der Waals surface area (Å²) >= 11 is 5.30. The number of Topliss-reactive ketones (excluding diaryl/α,β-unsaturated/α-hetero) is 1. The van der Waals surface area contributed by atoms with Gasteiger partial charge in [0, 0.05) is 69.6 Å². The first-order valence-corrected chi connectivity index (χ1v) is 39.1. The number of aliphatic hydroxyl groups is 2. The van der Waals surface area contributed by atoms with Gasteiger partial charge in [-0.3, -0.25) is 33.6 Å². The van der Waals surface area contributed by atoms with Gasteiger partial charge in [-0.25, -0.2) is 24.5 Å². The monoisotopic (exact) mass is 1480 g/mol. The van der Waals surface area contributed by atoms with Crippen molar-refractivity contribution in [2.24, 2.45) is 28.9 Å². The van der Waals surface area contributed by atoms with Crippen molar-refractivity contribution >= 4 is 105 Å². The Labute approximate surface area is 617 Å². The molecule has 28 heteroatoms. The summed E-state index contributed by atoms with van der Waals surface area (Å²) in [6.07, 6.45) is 9.83. The van der Waals surface area contributed by atoms with Crippen molar-refractivity contribution < 1.29 is 72.4 Å². The number of rotatable bonds is 25. The summed E-state index contributed by atoms with van der Waals surface area (Å²) < 4.78 is 23.9. The standard InChI is InChI=1S/C75H108N10O15S3/c1-43(2)64(83-61(87)29-31-73(8,9)97-42-72(6,7)84-67(91)48-25-28-51-53(34-48)81-55-41-102-58-22-16-14-13-15-21-57(58)101-40-54(55)80-51)69(93)82-52(20-18-32-77-70(76)94)68(92)79-49-26-23-47(24-27-49)38-96-71(95)85-98-39-62-78-37-50(103-62)33-45(4)56-35-60-75(12,100-60)30-17-19-44(3)65(89)46(5)66(90)74(10,11)59(86)36-63(88)99-56/h23-28,33-34,37,43-44,46,52,56-60,64-65,86,89H,13-22,29-32,35-36,38-42H2,1-12H3,(H,79,92)(H,82,93)(H,83,87)(H,84,91)(H,85,95)(H3,76,77,94)/t44-,46+,52-,56?,57?,58?,59-,60?,64-,65?,75+/m0/s1. The number of epoxide rings is 1. The Morgan fingerprint density at radius 2 is 1.53 bits per heavy atom. The highest BCUT2D eigenvalue weighted by Gasteiger charge is 2.53. The average Bonchev–Trinajstić information content (AvgIpc) is 1.62. The predicted molar refractivity (Wildman–Crippen MR) is 398 cm³/mol. The fourth-order valence-electron chi connectivity index (χ4n) is 13.1. The minimum atomic E-state index is -1.35. The number of carbonyl (C=O) groups excluding carboxylic acids is 8. The van der Waals surface area contributed by atoms with Gasteiger partial charge in [0.25, 0.3) is 5.91 Å². The number of hydrogen-bond donors (Lipinski definition) is 9. The van der Waals surface area contributed by atoms with Crippen molar-refractivity contribution in [2.75, 3.05) is 18.5 Å². The molecule has 0 radical (unpaired) electrons. The number of anilines is 1. The van der Waals surface area contributed by atoms with Gasteiger partial charge in [0.1, 0.15) is 42.2 Å². The number of benzene rings is 2. The van der Waals surface area contributed by atoms with Crippen LogP contribution >= 0.6 is 34.9 Å². The van der Waals surface area contributed by atoms with Crippen LogP contribution in [0.4, 0.5) is 15.3 Å². The third-order valence-corrected chi connectivity index (χ3v) is 23.9. The van der Waals surface area contributed by atoms with Crippen LogP contribution in [0.25, 0.3) is 17.1 Å². The first-order chi connectivity index (χ1) is 48.7. The molecule has 2 aromatic carbocycles. The SMILES string of the molecule is CC(=Cc1cnc(CONC(=O)OCc2ccc(NC(=O)[C@H](CCCNC(N)=O)NC(=O)[C@@H](NC(=O)CCC(C)(C)OCC(C)(C)NC(=O)c3ccc4nc5c(nc4c3)CSC3CCCCCCC3SC5)C(C)C)cc2)s1)C1CC2O[C@]2(C)CCC[C@H](C)C(O)[C@@H](C)C(=O)C(C)(C)[C@@H](O)CC(=O)O1. The lowest BCUT2D eigenvalue weighted by Gasteiger charge is -2.34. The molecule has 7 amide bonds. The van der Waals surface area contributed by atoms with Crippen molar-refractivity contribution in [2.45, 2.75) is 268 Å². The number of ether oxygens (including phenoxy) is 4. The number of aliphatic hydroxyl groups excluding tert-OH is 2. The van der Waals surface area contributed by atoms with Gasteiger partial charge in [0.15, 0.2) is 0 Å². The molecular weight excluding hydrogens is 1380 g/mol. The number of cyclic esters (lactones) is 1. The summed E-state index contributed by atoms with van der Waals surface area (Å²) in [7, 11) is 0. The van der Waals surface area contributed by atoms with Crippen LogP contribution in [-0.2, 0) is 72.5 Å². The third kappa shape index (κ3) is 24.4. The zero-order valence-corrected chi connectivity index (χ0v) is 64.2. The van der Waals surface area contributed by atoms with E-state index >= 15 is 0 Å². The number of aromatic nitrogens is 3. The predicted octanol–water partition coefficient (Wildman–Crippen LogP) is 10.8. The Hall–Kier alpha value is -6.79. The first-order valence-electron chi connectivity index (χ1n) is 36.2. The summed E-state index contributed by atoms with van der Waals surface area (Å²) in [5.74, 6) is -2.51. The number of hydrogen-bond acceptors (Lipinski definition) is 21. The second kappa shape index (κ2) is 37.0. The minimum absolute atomic E-state index is 0.00445. The van der Waals surface area contributed by atoms with Crippen LogP contribution in [0.5, 0.6) is 0 Å². The van der Waals surface area contributed by atoms with E-state index in [1.807, 2.05) is 84.1 Å². The van der Waals surface area contributed by atoms with Crippen LogP contribution in [0.1, 0.15) is 217 Å². The van der Waals surface area contributed by atoms with Crippen LogP contribution in [0.2, 0.25) is 0 Å². The quantitative estimate of drug-likeness (QED) is 0.0129. The smallest absolute Gasteiger partial charge is 0.431 e. The van der Waals surface area contributed by atoms with Crippen molar-refractivity contribution in [1.29, 1.82) is 0 Å². The minimum Gasteiger partial charge on any atom is -0.458 e. The highest BCUT2D eigenvalue weighted by molar-refractivity contribution is 8.03. The van der Waals surface area contributed by atoms with Crippen LogP contribution in [0.3, 0.4) is 0 Å². The summed E-state index contributed by atoms with van der Waals surface area (Å²) in [5.41, 5.74) is 9.72. The fraction of sp³-hybridized carbons (Fsp3) is 0.640. The lowest BCUT2D eigenvalue weighted by molar-refractivity contribution is -0.154. The molecule has 25 nitrogen and oxygen atoms in total. The van der Waals surface area contributed by atoms with Gasteiger partial charge >= 0.3 is 18.1 Å². The van der Waals surface area contributed by atoms with Gasteiger partial charge in [-0.1, -0.05) is 85.8 Å². The van der Waals surface area contributed by atoms with Gasteiger partial charge in [-0.05, 0) is 146 Å². The van der Waals surface area contributed by atoms with E-state index in [-0.39, 0.29) is 81.7 Å². The second-order valence-corrected chi connectivity index (χ2v) is 34.1. The number of thiazole rings is 1. The Morgan fingerprint density at radius 1 is 0.854 bits per heavy atom. The molecule has 5 heterocycles. The summed E-state index contributed by atoms with van der Waals surface area (Å²) in [6, 6.07) is 9.04. The molecule has 0 bridgehead atoms. The van der Waals surface area contributed by atoms with Crippen molar-refractivity contribution in [3.63, 3.8) is 0 Å². The molecule has 1 saturated carbocycles. The molecule has 103 heavy (non-hydrogen) atoms. The summed E-state index contributed by atoms with van der Waals surface area (Å²) in [5, 5.41) is 38.1. The van der Waals surface area contributed by atoms with Gasteiger partial charge < -0.3 is 61.5 Å². The molecule has 4 aliphatic rings. The van der Waals surface area contributed by atoms with Crippen LogP contribution < -0.4 is 37.8 Å². The number of carbonyl (C=O) groups is 8. The number of nitrogens with zero attached hydrogens (tertiary/aromatic N) is 3. The number of fused-ring (bicyclic) bond motifs is 4. The molecule has 2 aromatic heterocycles. The van der Waals surface area contributed by atoms with Crippen molar-refractivity contribution in [3.05, 3.63) is 86.6 Å². The van der Waals surface area contributed by atoms with Gasteiger partial charge in [-0.15, -0.1) is 11.3 Å². The molecule has 4 aromatic rings. The Bertz CT molecular complexity index is 3640. The van der Waals surface area contributed by atoms with Gasteiger partial charge in [0.05, 0.1) is 75.9 Å². The maximum absolute atomic E-state index is 14.0. The number of amides is 7. The number of hydroxylamine groups is 1. The largest absolute Gasteiger partial charge is 0.458 e. The highest BCUT2D eigenvalue weighted by atomic mass is 32.2. The number of nitrogens with two attached hydrogens (primary N) is 1. The molecular formula is C75H108N10O15S3. The van der Waals surface area contributed by atoms with Crippen LogP contribution in [-0.4, -0.2) is 150 Å². The van der Waals surface area contributed by atoms with E-state index in [0.29, 0.717) is 61.1 Å². The number of urea groups is 1. The van der Waals surface area contributed by atoms with E-state index in [4.69, 9.17) is 39.5 Å². The molecule has 8 rings (SSSR count). The Balaban J connectivity index is 0.770. The molecule has 1 aliphatic carbocycles. The normalized spacial score (nSPS) is 24.4. The molecule has 11 atom stereocenters. The van der Waals surface area contributed by atoms with Crippen molar-refractivity contribution in [3.8, 4) is 0 Å². The molecule has 566 valence electrons. The lowest BCUT2D eigenvalue weighted by atomic mass is 9.73. The number of esters is 1. The van der Waals surface area contributed by atoms with E-state index < -0.39 is 101 Å². The molecule has 2 saturated heterocycles.